The van der Waals surface area contributed by atoms with Crippen LogP contribution in [-0.4, -0.2) is 13.1 Å². The van der Waals surface area contributed by atoms with Gasteiger partial charge in [-0.2, -0.15) is 0 Å². The molecule has 0 heterocycles. The summed E-state index contributed by atoms with van der Waals surface area (Å²) in [5, 5.41) is 0. The number of benzene rings is 2. The van der Waals surface area contributed by atoms with E-state index in [9.17, 15) is 13.6 Å². The van der Waals surface area contributed by atoms with Crippen LogP contribution in [0.4, 0.5) is 8.78 Å². The smallest absolute Gasteiger partial charge is 0.316 e. The molecule has 0 saturated carbocycles. The van der Waals surface area contributed by atoms with Crippen LogP contribution in [0.2, 0.25) is 0 Å². The summed E-state index contributed by atoms with van der Waals surface area (Å²) < 4.78 is 32.1. The maximum atomic E-state index is 13.7. The largest absolute Gasteiger partial charge is 0.468 e. The maximum Gasteiger partial charge on any atom is 0.316 e. The summed E-state index contributed by atoms with van der Waals surface area (Å²) in [4.78, 5) is 12.5. The highest BCUT2D eigenvalue weighted by Crippen LogP contribution is 2.43. The van der Waals surface area contributed by atoms with Crippen LogP contribution < -0.4 is 0 Å². The summed E-state index contributed by atoms with van der Waals surface area (Å²) in [6.45, 7) is 0. The SMILES string of the molecule is COC(=O)C1(Cc2ccccc2)CCc2cc(F)c(F)cc21. The molecule has 0 amide bonds. The number of esters is 1. The number of halogens is 2. The lowest BCUT2D eigenvalue weighted by molar-refractivity contribution is -0.147. The van der Waals surface area contributed by atoms with Gasteiger partial charge in [0.15, 0.2) is 11.6 Å². The molecule has 1 atom stereocenters. The average molecular weight is 302 g/mol. The van der Waals surface area contributed by atoms with Crippen LogP contribution >= 0.6 is 0 Å². The highest BCUT2D eigenvalue weighted by atomic mass is 19.2. The first-order valence-electron chi connectivity index (χ1n) is 7.17. The van der Waals surface area contributed by atoms with E-state index in [1.54, 1.807) is 0 Å². The average Bonchev–Trinajstić information content (AvgIpc) is 2.87. The second-order valence-electron chi connectivity index (χ2n) is 5.66. The van der Waals surface area contributed by atoms with Crippen molar-refractivity contribution in [2.24, 2.45) is 0 Å². The van der Waals surface area contributed by atoms with Gasteiger partial charge in [0.2, 0.25) is 0 Å². The molecule has 0 saturated heterocycles. The quantitative estimate of drug-likeness (QED) is 0.810. The van der Waals surface area contributed by atoms with Gasteiger partial charge < -0.3 is 4.74 Å². The standard InChI is InChI=1S/C18H16F2O2/c1-22-17(21)18(11-12-5-3-2-4-6-12)8-7-13-9-15(19)16(20)10-14(13)18/h2-6,9-10H,7-8,11H2,1H3. The second-order valence-corrected chi connectivity index (χ2v) is 5.66. The zero-order valence-electron chi connectivity index (χ0n) is 12.2. The van der Waals surface area contributed by atoms with Crippen molar-refractivity contribution in [2.45, 2.75) is 24.7 Å². The topological polar surface area (TPSA) is 26.3 Å². The molecule has 22 heavy (non-hydrogen) atoms. The molecule has 1 aliphatic rings. The normalized spacial score (nSPS) is 19.8. The summed E-state index contributed by atoms with van der Waals surface area (Å²) in [5.41, 5.74) is 1.24. The van der Waals surface area contributed by atoms with Crippen LogP contribution in [0, 0.1) is 11.6 Å². The van der Waals surface area contributed by atoms with Crippen molar-refractivity contribution in [3.63, 3.8) is 0 Å². The Morgan fingerprint density at radius 3 is 2.55 bits per heavy atom. The lowest BCUT2D eigenvalue weighted by Gasteiger charge is -2.27. The van der Waals surface area contributed by atoms with Gasteiger partial charge in [-0.3, -0.25) is 4.79 Å². The van der Waals surface area contributed by atoms with Gasteiger partial charge in [0.05, 0.1) is 12.5 Å². The molecule has 0 fully saturated rings. The highest BCUT2D eigenvalue weighted by molar-refractivity contribution is 5.85. The highest BCUT2D eigenvalue weighted by Gasteiger charge is 2.46. The van der Waals surface area contributed by atoms with Gasteiger partial charge >= 0.3 is 5.97 Å². The Bertz CT molecular complexity index is 713. The Morgan fingerprint density at radius 1 is 1.18 bits per heavy atom. The molecular formula is C18H16F2O2. The lowest BCUT2D eigenvalue weighted by atomic mass is 9.76. The number of ether oxygens (including phenoxy) is 1. The zero-order chi connectivity index (χ0) is 15.7. The Kier molecular flexibility index (Phi) is 3.69. The molecule has 3 rings (SSSR count). The first-order valence-corrected chi connectivity index (χ1v) is 7.17. The molecule has 0 radical (unpaired) electrons. The van der Waals surface area contributed by atoms with E-state index in [1.165, 1.54) is 13.2 Å². The molecule has 2 nitrogen and oxygen atoms in total. The minimum absolute atomic E-state index is 0.402. The first-order chi connectivity index (χ1) is 10.6. The molecule has 0 aromatic heterocycles. The maximum absolute atomic E-state index is 13.7. The Hall–Kier alpha value is -2.23. The third-order valence-corrected chi connectivity index (χ3v) is 4.41. The number of rotatable bonds is 3. The molecule has 1 unspecified atom stereocenters. The molecule has 0 spiro atoms. The summed E-state index contributed by atoms with van der Waals surface area (Å²) >= 11 is 0. The summed E-state index contributed by atoms with van der Waals surface area (Å²) in [5.74, 6) is -2.21. The number of carbonyl (C=O) groups excluding carboxylic acids is 1. The number of methoxy groups -OCH3 is 1. The fraction of sp³-hybridized carbons (Fsp3) is 0.278. The van der Waals surface area contributed by atoms with E-state index in [2.05, 4.69) is 0 Å². The number of hydrogen-bond acceptors (Lipinski definition) is 2. The molecule has 0 bridgehead atoms. The van der Waals surface area contributed by atoms with E-state index in [1.807, 2.05) is 30.3 Å². The van der Waals surface area contributed by atoms with Crippen LogP contribution in [0.1, 0.15) is 23.1 Å². The molecule has 4 heteroatoms. The van der Waals surface area contributed by atoms with Gasteiger partial charge in [-0.05, 0) is 48.1 Å². The van der Waals surface area contributed by atoms with E-state index in [4.69, 9.17) is 4.74 Å². The predicted molar refractivity (Wildman–Crippen MR) is 78.5 cm³/mol. The van der Waals surface area contributed by atoms with Crippen LogP contribution in [0.5, 0.6) is 0 Å². The fourth-order valence-electron chi connectivity index (χ4n) is 3.33. The molecular weight excluding hydrogens is 286 g/mol. The predicted octanol–water partition coefficient (Wildman–Crippen LogP) is 3.56. The van der Waals surface area contributed by atoms with Crippen molar-refractivity contribution in [1.29, 1.82) is 0 Å². The monoisotopic (exact) mass is 302 g/mol. The van der Waals surface area contributed by atoms with Gasteiger partial charge in [-0.15, -0.1) is 0 Å². The van der Waals surface area contributed by atoms with Gasteiger partial charge in [0, 0.05) is 0 Å². The van der Waals surface area contributed by atoms with E-state index in [0.29, 0.717) is 30.4 Å². The Balaban J connectivity index is 2.11. The van der Waals surface area contributed by atoms with Gasteiger partial charge in [-0.25, -0.2) is 8.78 Å². The van der Waals surface area contributed by atoms with Crippen molar-refractivity contribution in [3.05, 3.63) is 70.8 Å². The lowest BCUT2D eigenvalue weighted by Crippen LogP contribution is -2.37. The van der Waals surface area contributed by atoms with Crippen LogP contribution in [-0.2, 0) is 27.8 Å². The zero-order valence-corrected chi connectivity index (χ0v) is 12.2. The van der Waals surface area contributed by atoms with Crippen LogP contribution in [0.15, 0.2) is 42.5 Å². The van der Waals surface area contributed by atoms with Crippen molar-refractivity contribution >= 4 is 5.97 Å². The van der Waals surface area contributed by atoms with E-state index >= 15 is 0 Å². The third kappa shape index (κ3) is 2.28. The van der Waals surface area contributed by atoms with Crippen LogP contribution in [0.3, 0.4) is 0 Å². The number of aryl methyl sites for hydroxylation is 1. The Morgan fingerprint density at radius 2 is 1.86 bits per heavy atom. The van der Waals surface area contributed by atoms with Crippen LogP contribution in [0.25, 0.3) is 0 Å². The second kappa shape index (κ2) is 5.52. The Labute approximate surface area is 127 Å². The van der Waals surface area contributed by atoms with Crippen molar-refractivity contribution < 1.29 is 18.3 Å². The molecule has 114 valence electrons. The van der Waals surface area contributed by atoms with E-state index in [-0.39, 0.29) is 0 Å². The minimum Gasteiger partial charge on any atom is -0.468 e. The van der Waals surface area contributed by atoms with Crippen molar-refractivity contribution in [3.8, 4) is 0 Å². The van der Waals surface area contributed by atoms with Gasteiger partial charge in [0.1, 0.15) is 0 Å². The number of fused-ring (bicyclic) bond motifs is 1. The van der Waals surface area contributed by atoms with E-state index in [0.717, 1.165) is 11.6 Å². The molecule has 2 aromatic rings. The summed E-state index contributed by atoms with van der Waals surface area (Å²) in [6.07, 6.45) is 1.44. The summed E-state index contributed by atoms with van der Waals surface area (Å²) in [6, 6.07) is 11.9. The van der Waals surface area contributed by atoms with E-state index < -0.39 is 23.0 Å². The number of carbonyl (C=O) groups is 1. The minimum atomic E-state index is -0.944. The number of hydrogen-bond donors (Lipinski definition) is 0. The van der Waals surface area contributed by atoms with Crippen molar-refractivity contribution in [2.75, 3.05) is 7.11 Å². The molecule has 1 aliphatic carbocycles. The van der Waals surface area contributed by atoms with Gasteiger partial charge in [0.25, 0.3) is 0 Å². The van der Waals surface area contributed by atoms with Crippen molar-refractivity contribution in [1.82, 2.24) is 0 Å². The third-order valence-electron chi connectivity index (χ3n) is 4.41. The van der Waals surface area contributed by atoms with Gasteiger partial charge in [-0.1, -0.05) is 30.3 Å². The summed E-state index contributed by atoms with van der Waals surface area (Å²) in [7, 11) is 1.33. The molecule has 0 N–H and O–H groups in total. The first kappa shape index (κ1) is 14.7. The molecule has 0 aliphatic heterocycles. The fourth-order valence-corrected chi connectivity index (χ4v) is 3.33. The molecule has 2 aromatic carbocycles.